The minimum atomic E-state index is -0.0760. The first-order valence-electron chi connectivity index (χ1n) is 11.4. The first-order chi connectivity index (χ1) is 14.4. The maximum atomic E-state index is 12.9. The summed E-state index contributed by atoms with van der Waals surface area (Å²) in [4.78, 5) is 25.4. The summed E-state index contributed by atoms with van der Waals surface area (Å²) in [6.07, 6.45) is 6.18. The molecule has 0 saturated heterocycles. The van der Waals surface area contributed by atoms with Gasteiger partial charge < -0.3 is 0 Å². The van der Waals surface area contributed by atoms with E-state index in [0.717, 1.165) is 49.7 Å². The molecule has 154 valence electrons. The van der Waals surface area contributed by atoms with Gasteiger partial charge in [-0.15, -0.1) is 0 Å². The maximum Gasteiger partial charge on any atom is 0.193 e. The third-order valence-electron chi connectivity index (χ3n) is 8.37. The number of rotatable bonds is 3. The molecule has 2 nitrogen and oxygen atoms in total. The zero-order valence-electron chi connectivity index (χ0n) is 18.0. The van der Waals surface area contributed by atoms with Crippen LogP contribution < -0.4 is 0 Å². The minimum absolute atomic E-state index is 0.00142. The summed E-state index contributed by atoms with van der Waals surface area (Å²) < 4.78 is 0. The van der Waals surface area contributed by atoms with Gasteiger partial charge in [-0.2, -0.15) is 0 Å². The zero-order chi connectivity index (χ0) is 21.0. The molecule has 3 aliphatic carbocycles. The first kappa shape index (κ1) is 19.5. The van der Waals surface area contributed by atoms with Gasteiger partial charge >= 0.3 is 0 Å². The van der Waals surface area contributed by atoms with Crippen molar-refractivity contribution in [2.75, 3.05) is 0 Å². The van der Waals surface area contributed by atoms with Crippen LogP contribution in [0.25, 0.3) is 5.57 Å². The summed E-state index contributed by atoms with van der Waals surface area (Å²) in [6, 6.07) is 14.2. The largest absolute Gasteiger partial charge is 0.299 e. The summed E-state index contributed by atoms with van der Waals surface area (Å²) in [7, 11) is 0. The van der Waals surface area contributed by atoms with E-state index in [-0.39, 0.29) is 11.2 Å². The van der Waals surface area contributed by atoms with E-state index in [0.29, 0.717) is 34.7 Å². The second kappa shape index (κ2) is 7.04. The highest BCUT2D eigenvalue weighted by Crippen LogP contribution is 2.59. The number of benzene rings is 2. The van der Waals surface area contributed by atoms with E-state index in [9.17, 15) is 9.59 Å². The smallest absolute Gasteiger partial charge is 0.193 e. The highest BCUT2D eigenvalue weighted by molar-refractivity contribution is 6.28. The molecule has 5 rings (SSSR count). The lowest BCUT2D eigenvalue weighted by atomic mass is 9.55. The van der Waals surface area contributed by atoms with Crippen molar-refractivity contribution in [3.8, 4) is 0 Å². The second-order valence-corrected chi connectivity index (χ2v) is 9.92. The van der Waals surface area contributed by atoms with Crippen molar-refractivity contribution in [3.63, 3.8) is 0 Å². The van der Waals surface area contributed by atoms with Crippen LogP contribution in [0.3, 0.4) is 0 Å². The highest BCUT2D eigenvalue weighted by Gasteiger charge is 2.54. The van der Waals surface area contributed by atoms with E-state index in [1.165, 1.54) is 11.1 Å². The van der Waals surface area contributed by atoms with Crippen LogP contribution in [0.4, 0.5) is 0 Å². The van der Waals surface area contributed by atoms with E-state index in [1.54, 1.807) is 0 Å². The van der Waals surface area contributed by atoms with E-state index in [4.69, 9.17) is 0 Å². The van der Waals surface area contributed by atoms with E-state index in [1.807, 2.05) is 31.2 Å². The van der Waals surface area contributed by atoms with E-state index < -0.39 is 0 Å². The van der Waals surface area contributed by atoms with Crippen LogP contribution in [0, 0.1) is 24.2 Å². The predicted molar refractivity (Wildman–Crippen MR) is 121 cm³/mol. The number of Topliss-reactive ketones (excluding diaryl/α,β-unsaturated/α-hetero) is 2. The molecule has 0 aromatic heterocycles. The molecule has 0 N–H and O–H groups in total. The summed E-state index contributed by atoms with van der Waals surface area (Å²) in [5.41, 5.74) is 6.10. The van der Waals surface area contributed by atoms with Gasteiger partial charge in [-0.05, 0) is 73.5 Å². The molecule has 0 unspecified atom stereocenters. The molecule has 0 radical (unpaired) electrons. The Bertz CT molecular complexity index is 1040. The first-order valence-corrected chi connectivity index (χ1v) is 11.4. The third kappa shape index (κ3) is 2.92. The van der Waals surface area contributed by atoms with Crippen LogP contribution in [0.5, 0.6) is 0 Å². The molecule has 2 heteroatoms. The molecule has 4 atom stereocenters. The predicted octanol–water partition coefficient (Wildman–Crippen LogP) is 6.32. The van der Waals surface area contributed by atoms with Gasteiger partial charge in [0.2, 0.25) is 0 Å². The molecule has 0 aliphatic heterocycles. The van der Waals surface area contributed by atoms with Crippen molar-refractivity contribution >= 4 is 17.1 Å². The molecular formula is C28H30O2. The number of ketones is 2. The minimum Gasteiger partial charge on any atom is -0.299 e. The average Bonchev–Trinajstić information content (AvgIpc) is 3.07. The fourth-order valence-corrected chi connectivity index (χ4v) is 6.55. The molecule has 0 amide bonds. The van der Waals surface area contributed by atoms with E-state index >= 15 is 0 Å². The van der Waals surface area contributed by atoms with Gasteiger partial charge in [-0.25, -0.2) is 0 Å². The standard InChI is InChI=1S/C28H30O2/c1-17-4-6-19(7-5-17)27(30)18(2)20-8-10-22-21(16-20)9-11-24-23(22)14-15-28(3)25(24)12-13-26(28)29/h4-8,10,16,23-25H,2,9,11-15H2,1,3H3/t23-,24-,25+,28+/m1/s1. The van der Waals surface area contributed by atoms with Crippen molar-refractivity contribution in [2.24, 2.45) is 17.3 Å². The van der Waals surface area contributed by atoms with Crippen LogP contribution in [0.2, 0.25) is 0 Å². The molecule has 0 spiro atoms. The molecular weight excluding hydrogens is 368 g/mol. The molecule has 3 aliphatic rings. The van der Waals surface area contributed by atoms with Gasteiger partial charge in [-0.1, -0.05) is 61.5 Å². The molecule has 30 heavy (non-hydrogen) atoms. The van der Waals surface area contributed by atoms with Crippen LogP contribution in [0.15, 0.2) is 49.0 Å². The lowest BCUT2D eigenvalue weighted by Crippen LogP contribution is -2.42. The summed E-state index contributed by atoms with van der Waals surface area (Å²) >= 11 is 0. The van der Waals surface area contributed by atoms with Gasteiger partial charge in [0.25, 0.3) is 0 Å². The quantitative estimate of drug-likeness (QED) is 0.448. The Balaban J connectivity index is 1.41. The molecule has 2 aromatic rings. The molecule has 0 bridgehead atoms. The topological polar surface area (TPSA) is 34.1 Å². The molecule has 2 fully saturated rings. The Labute approximate surface area is 179 Å². The monoisotopic (exact) mass is 398 g/mol. The summed E-state index contributed by atoms with van der Waals surface area (Å²) in [5.74, 6) is 2.24. The van der Waals surface area contributed by atoms with Gasteiger partial charge in [0, 0.05) is 23.0 Å². The van der Waals surface area contributed by atoms with Crippen molar-refractivity contribution in [1.82, 2.24) is 0 Å². The highest BCUT2D eigenvalue weighted by atomic mass is 16.1. The van der Waals surface area contributed by atoms with Gasteiger partial charge in [0.1, 0.15) is 5.78 Å². The zero-order valence-corrected chi connectivity index (χ0v) is 18.0. The number of allylic oxidation sites excluding steroid dienone is 1. The van der Waals surface area contributed by atoms with Crippen LogP contribution in [-0.2, 0) is 11.2 Å². The number of aryl methyl sites for hydroxylation is 2. The number of fused-ring (bicyclic) bond motifs is 5. The van der Waals surface area contributed by atoms with Crippen LogP contribution in [-0.4, -0.2) is 11.6 Å². The Kier molecular flexibility index (Phi) is 4.57. The number of carbonyl (C=O) groups is 2. The van der Waals surface area contributed by atoms with Crippen molar-refractivity contribution in [2.45, 2.75) is 58.3 Å². The van der Waals surface area contributed by atoms with Crippen molar-refractivity contribution in [3.05, 3.63) is 76.9 Å². The Hall–Kier alpha value is -2.48. The summed E-state index contributed by atoms with van der Waals surface area (Å²) in [5, 5.41) is 0. The Morgan fingerprint density at radius 1 is 1.00 bits per heavy atom. The van der Waals surface area contributed by atoms with E-state index in [2.05, 4.69) is 31.7 Å². The SMILES string of the molecule is C=C(C(=O)c1ccc(C)cc1)c1ccc2c(c1)CC[C@@H]1[C@@H]2CC[C@]2(C)C(=O)CC[C@@H]12. The number of hydrogen-bond acceptors (Lipinski definition) is 2. The second-order valence-electron chi connectivity index (χ2n) is 9.92. The van der Waals surface area contributed by atoms with Gasteiger partial charge in [-0.3, -0.25) is 9.59 Å². The number of hydrogen-bond donors (Lipinski definition) is 0. The maximum absolute atomic E-state index is 12.9. The lowest BCUT2D eigenvalue weighted by Gasteiger charge is -2.48. The van der Waals surface area contributed by atoms with Gasteiger partial charge in [0.05, 0.1) is 0 Å². The fourth-order valence-electron chi connectivity index (χ4n) is 6.55. The molecule has 0 heterocycles. The lowest BCUT2D eigenvalue weighted by molar-refractivity contribution is -0.129. The van der Waals surface area contributed by atoms with Crippen LogP contribution >= 0.6 is 0 Å². The van der Waals surface area contributed by atoms with Crippen molar-refractivity contribution in [1.29, 1.82) is 0 Å². The Morgan fingerprint density at radius 2 is 1.73 bits per heavy atom. The Morgan fingerprint density at radius 3 is 2.50 bits per heavy atom. The third-order valence-corrected chi connectivity index (χ3v) is 8.37. The molecule has 2 saturated carbocycles. The van der Waals surface area contributed by atoms with Crippen LogP contribution in [0.1, 0.15) is 77.6 Å². The van der Waals surface area contributed by atoms with Gasteiger partial charge in [0.15, 0.2) is 5.78 Å². The summed E-state index contributed by atoms with van der Waals surface area (Å²) in [6.45, 7) is 8.38. The van der Waals surface area contributed by atoms with Crippen molar-refractivity contribution < 1.29 is 9.59 Å². The number of carbonyl (C=O) groups excluding carboxylic acids is 2. The molecule has 2 aromatic carbocycles. The normalized spacial score (nSPS) is 29.7. The fraction of sp³-hybridized carbons (Fsp3) is 0.429. The average molecular weight is 399 g/mol.